The monoisotopic (exact) mass is 418 g/mol. The van der Waals surface area contributed by atoms with Gasteiger partial charge in [0.25, 0.3) is 0 Å². The molecule has 3 amide bonds. The second kappa shape index (κ2) is 10.1. The maximum absolute atomic E-state index is 13.1. The number of piperazine rings is 1. The molecule has 1 N–H and O–H groups in total. The van der Waals surface area contributed by atoms with Crippen molar-refractivity contribution in [1.82, 2.24) is 20.0 Å². The van der Waals surface area contributed by atoms with E-state index in [1.165, 1.54) is 11.8 Å². The molecule has 0 spiro atoms. The Labute approximate surface area is 176 Å². The Balaban J connectivity index is 1.68. The molecule has 1 aromatic rings. The van der Waals surface area contributed by atoms with Crippen molar-refractivity contribution in [1.29, 1.82) is 0 Å². The van der Waals surface area contributed by atoms with Gasteiger partial charge in [0.15, 0.2) is 0 Å². The van der Waals surface area contributed by atoms with Crippen LogP contribution in [0.15, 0.2) is 30.3 Å². The lowest BCUT2D eigenvalue weighted by molar-refractivity contribution is -0.137. The Morgan fingerprint density at radius 2 is 1.90 bits per heavy atom. The van der Waals surface area contributed by atoms with Gasteiger partial charge in [0.1, 0.15) is 12.1 Å². The Kier molecular flexibility index (Phi) is 7.55. The van der Waals surface area contributed by atoms with Crippen LogP contribution in [0.2, 0.25) is 0 Å². The Morgan fingerprint density at radius 3 is 2.52 bits per heavy atom. The molecule has 8 heteroatoms. The number of thioether (sulfide) groups is 1. The molecule has 2 aliphatic rings. The fourth-order valence-corrected chi connectivity index (χ4v) is 4.58. The normalized spacial score (nSPS) is 21.1. The third kappa shape index (κ3) is 5.73. The maximum atomic E-state index is 13.1. The number of benzene rings is 1. The zero-order valence-corrected chi connectivity index (χ0v) is 18.0. The number of hydrogen-bond acceptors (Lipinski definition) is 5. The van der Waals surface area contributed by atoms with Crippen LogP contribution in [0.1, 0.15) is 18.9 Å². The molecular formula is C21H30N4O3S. The van der Waals surface area contributed by atoms with E-state index in [1.54, 1.807) is 11.8 Å². The number of likely N-dealkylation sites (N-methyl/N-ethyl adjacent to an activating group) is 1. The zero-order valence-electron chi connectivity index (χ0n) is 17.2. The highest BCUT2D eigenvalue weighted by Gasteiger charge is 2.33. The summed E-state index contributed by atoms with van der Waals surface area (Å²) in [5, 5.41) is 2.85. The SMILES string of the molecule is CC(C(=O)N1CCN(C)CC1)N(CCc1ccccc1)C(=O)NC1CCSC1=O. The number of amides is 3. The lowest BCUT2D eigenvalue weighted by Gasteiger charge is -2.37. The maximum Gasteiger partial charge on any atom is 0.318 e. The summed E-state index contributed by atoms with van der Waals surface area (Å²) in [4.78, 5) is 43.7. The van der Waals surface area contributed by atoms with E-state index in [2.05, 4.69) is 10.2 Å². The molecule has 0 saturated carbocycles. The smallest absolute Gasteiger partial charge is 0.318 e. The number of carbonyl (C=O) groups excluding carboxylic acids is 3. The van der Waals surface area contributed by atoms with Crippen LogP contribution >= 0.6 is 11.8 Å². The lowest BCUT2D eigenvalue weighted by atomic mass is 10.1. The molecule has 0 aromatic heterocycles. The van der Waals surface area contributed by atoms with Crippen LogP contribution < -0.4 is 5.32 Å². The van der Waals surface area contributed by atoms with Crippen molar-refractivity contribution in [2.75, 3.05) is 45.5 Å². The average molecular weight is 419 g/mol. The van der Waals surface area contributed by atoms with E-state index in [1.807, 2.05) is 42.3 Å². The molecule has 7 nitrogen and oxygen atoms in total. The summed E-state index contributed by atoms with van der Waals surface area (Å²) >= 11 is 1.25. The molecule has 2 fully saturated rings. The van der Waals surface area contributed by atoms with Crippen molar-refractivity contribution in [3.05, 3.63) is 35.9 Å². The highest BCUT2D eigenvalue weighted by atomic mass is 32.2. The molecule has 29 heavy (non-hydrogen) atoms. The van der Waals surface area contributed by atoms with Crippen LogP contribution in [-0.2, 0) is 16.0 Å². The molecule has 0 aliphatic carbocycles. The van der Waals surface area contributed by atoms with Crippen LogP contribution in [-0.4, -0.2) is 89.4 Å². The summed E-state index contributed by atoms with van der Waals surface area (Å²) in [6, 6.07) is 8.54. The summed E-state index contributed by atoms with van der Waals surface area (Å²) in [5.74, 6) is 0.692. The lowest BCUT2D eigenvalue weighted by Crippen LogP contribution is -2.57. The van der Waals surface area contributed by atoms with Crippen LogP contribution in [0.25, 0.3) is 0 Å². The van der Waals surface area contributed by atoms with Crippen molar-refractivity contribution >= 4 is 28.8 Å². The predicted octanol–water partition coefficient (Wildman–Crippen LogP) is 1.44. The first-order valence-electron chi connectivity index (χ1n) is 10.2. The Bertz CT molecular complexity index is 722. The first-order chi connectivity index (χ1) is 14.0. The van der Waals surface area contributed by atoms with Gasteiger partial charge in [-0.1, -0.05) is 42.1 Å². The van der Waals surface area contributed by atoms with Crippen molar-refractivity contribution in [2.45, 2.75) is 31.8 Å². The first-order valence-corrected chi connectivity index (χ1v) is 11.2. The van der Waals surface area contributed by atoms with Gasteiger partial charge in [-0.2, -0.15) is 0 Å². The quantitative estimate of drug-likeness (QED) is 0.757. The second-order valence-corrected chi connectivity index (χ2v) is 8.79. The van der Waals surface area contributed by atoms with Crippen LogP contribution in [0.3, 0.4) is 0 Å². The molecule has 1 aromatic carbocycles. The summed E-state index contributed by atoms with van der Waals surface area (Å²) < 4.78 is 0. The van der Waals surface area contributed by atoms with Gasteiger partial charge in [-0.3, -0.25) is 9.59 Å². The van der Waals surface area contributed by atoms with Gasteiger partial charge in [0, 0.05) is 38.5 Å². The molecule has 2 saturated heterocycles. The van der Waals surface area contributed by atoms with Gasteiger partial charge < -0.3 is 20.0 Å². The zero-order chi connectivity index (χ0) is 20.8. The molecule has 2 unspecified atom stereocenters. The summed E-state index contributed by atoms with van der Waals surface area (Å²) in [6.45, 7) is 5.23. The minimum atomic E-state index is -0.578. The number of hydrogen-bond donors (Lipinski definition) is 1. The molecular weight excluding hydrogens is 388 g/mol. The van der Waals surface area contributed by atoms with Crippen molar-refractivity contribution in [2.24, 2.45) is 0 Å². The molecule has 158 valence electrons. The van der Waals surface area contributed by atoms with Gasteiger partial charge in [-0.05, 0) is 32.4 Å². The molecule has 2 heterocycles. The van der Waals surface area contributed by atoms with Crippen molar-refractivity contribution < 1.29 is 14.4 Å². The number of rotatable bonds is 6. The number of nitrogens with zero attached hydrogens (tertiary/aromatic N) is 3. The fourth-order valence-electron chi connectivity index (χ4n) is 3.65. The molecule has 2 aliphatic heterocycles. The van der Waals surface area contributed by atoms with Gasteiger partial charge in [0.2, 0.25) is 11.0 Å². The molecule has 0 radical (unpaired) electrons. The Morgan fingerprint density at radius 1 is 1.21 bits per heavy atom. The van der Waals surface area contributed by atoms with Gasteiger partial charge in [-0.15, -0.1) is 0 Å². The fraction of sp³-hybridized carbons (Fsp3) is 0.571. The molecule has 2 atom stereocenters. The first kappa shape index (κ1) is 21.6. The molecule has 0 bridgehead atoms. The van der Waals surface area contributed by atoms with E-state index in [9.17, 15) is 14.4 Å². The third-order valence-corrected chi connectivity index (χ3v) is 6.63. The van der Waals surface area contributed by atoms with E-state index >= 15 is 0 Å². The number of carbonyl (C=O) groups is 3. The summed E-state index contributed by atoms with van der Waals surface area (Å²) in [6.07, 6.45) is 1.30. The van der Waals surface area contributed by atoms with Crippen LogP contribution in [0, 0.1) is 0 Å². The van der Waals surface area contributed by atoms with E-state index in [0.717, 1.165) is 24.4 Å². The van der Waals surface area contributed by atoms with Gasteiger partial charge >= 0.3 is 6.03 Å². The topological polar surface area (TPSA) is 73.0 Å². The van der Waals surface area contributed by atoms with Crippen LogP contribution in [0.5, 0.6) is 0 Å². The standard InChI is InChI=1S/C21H30N4O3S/c1-16(19(26)24-13-11-23(2)12-14-24)25(10-8-17-6-4-3-5-7-17)21(28)22-18-9-15-29-20(18)27/h3-7,16,18H,8-15H2,1-2H3,(H,22,28). The summed E-state index contributed by atoms with van der Waals surface area (Å²) in [7, 11) is 2.04. The van der Waals surface area contributed by atoms with E-state index in [-0.39, 0.29) is 17.1 Å². The van der Waals surface area contributed by atoms with Crippen molar-refractivity contribution in [3.63, 3.8) is 0 Å². The number of nitrogens with one attached hydrogen (secondary N) is 1. The number of urea groups is 1. The van der Waals surface area contributed by atoms with Gasteiger partial charge in [-0.25, -0.2) is 4.79 Å². The van der Waals surface area contributed by atoms with E-state index in [4.69, 9.17) is 0 Å². The third-order valence-electron chi connectivity index (χ3n) is 5.62. The Hall–Kier alpha value is -2.06. The predicted molar refractivity (Wildman–Crippen MR) is 115 cm³/mol. The minimum absolute atomic E-state index is 0.000549. The van der Waals surface area contributed by atoms with Crippen molar-refractivity contribution in [3.8, 4) is 0 Å². The minimum Gasteiger partial charge on any atom is -0.338 e. The largest absolute Gasteiger partial charge is 0.338 e. The van der Waals surface area contributed by atoms with Gasteiger partial charge in [0.05, 0.1) is 0 Å². The van der Waals surface area contributed by atoms with E-state index in [0.29, 0.717) is 32.5 Å². The summed E-state index contributed by atoms with van der Waals surface area (Å²) in [5.41, 5.74) is 1.11. The van der Waals surface area contributed by atoms with Crippen LogP contribution in [0.4, 0.5) is 4.79 Å². The molecule has 3 rings (SSSR count). The second-order valence-electron chi connectivity index (χ2n) is 7.69. The highest BCUT2D eigenvalue weighted by Crippen LogP contribution is 2.20. The highest BCUT2D eigenvalue weighted by molar-refractivity contribution is 8.14. The van der Waals surface area contributed by atoms with E-state index < -0.39 is 12.1 Å². The average Bonchev–Trinajstić information content (AvgIpc) is 3.13.